The minimum atomic E-state index is -3.04. The Morgan fingerprint density at radius 3 is 2.72 bits per heavy atom. The van der Waals surface area contributed by atoms with Gasteiger partial charge in [0.05, 0.1) is 17.7 Å². The fraction of sp³-hybridized carbons (Fsp3) is 0.556. The highest BCUT2D eigenvalue weighted by Gasteiger charge is 2.34. The van der Waals surface area contributed by atoms with Crippen LogP contribution in [-0.2, 0) is 19.5 Å². The van der Waals surface area contributed by atoms with E-state index in [1.54, 1.807) is 11.1 Å². The molecule has 1 atom stereocenters. The summed E-state index contributed by atoms with van der Waals surface area (Å²) in [7, 11) is -3.04. The zero-order valence-corrected chi connectivity index (χ0v) is 15.8. The van der Waals surface area contributed by atoms with Crippen molar-refractivity contribution in [2.24, 2.45) is 11.1 Å². The Bertz CT molecular complexity index is 728. The van der Waals surface area contributed by atoms with Crippen molar-refractivity contribution in [1.82, 2.24) is 4.90 Å². The largest absolute Gasteiger partial charge is 0.386 e. The number of amides is 1. The van der Waals surface area contributed by atoms with Gasteiger partial charge in [0, 0.05) is 12.6 Å². The molecule has 1 aromatic carbocycles. The first-order chi connectivity index (χ1) is 11.8. The summed E-state index contributed by atoms with van der Waals surface area (Å²) < 4.78 is 23.4. The van der Waals surface area contributed by atoms with Gasteiger partial charge in [-0.25, -0.2) is 8.42 Å². The number of hydrogen-bond acceptors (Lipinski definition) is 5. The van der Waals surface area contributed by atoms with Gasteiger partial charge in [0.1, 0.15) is 0 Å². The number of aryl methyl sites for hydroxylation is 1. The summed E-state index contributed by atoms with van der Waals surface area (Å²) in [4.78, 5) is 19.3. The second-order valence-electron chi connectivity index (χ2n) is 6.86. The Morgan fingerprint density at radius 2 is 2.12 bits per heavy atom. The van der Waals surface area contributed by atoms with E-state index in [2.05, 4.69) is 5.16 Å². The van der Waals surface area contributed by atoms with Gasteiger partial charge in [-0.2, -0.15) is 0 Å². The van der Waals surface area contributed by atoms with E-state index in [4.69, 9.17) is 4.84 Å². The lowest BCUT2D eigenvalue weighted by Crippen LogP contribution is -2.44. The van der Waals surface area contributed by atoms with Gasteiger partial charge in [0.25, 0.3) is 5.91 Å². The van der Waals surface area contributed by atoms with E-state index in [0.717, 1.165) is 11.1 Å². The van der Waals surface area contributed by atoms with Crippen molar-refractivity contribution in [2.75, 3.05) is 24.7 Å². The highest BCUT2D eigenvalue weighted by Crippen LogP contribution is 2.19. The van der Waals surface area contributed by atoms with Crippen LogP contribution in [0.15, 0.2) is 29.4 Å². The maximum Gasteiger partial charge on any atom is 0.263 e. The predicted molar refractivity (Wildman–Crippen MR) is 98.3 cm³/mol. The number of carbonyl (C=O) groups excluding carboxylic acids is 1. The van der Waals surface area contributed by atoms with Gasteiger partial charge < -0.3 is 9.74 Å². The van der Waals surface area contributed by atoms with Gasteiger partial charge in [-0.1, -0.05) is 43.3 Å². The van der Waals surface area contributed by atoms with Crippen molar-refractivity contribution < 1.29 is 18.0 Å². The maximum absolute atomic E-state index is 12.5. The molecule has 0 saturated carbocycles. The highest BCUT2D eigenvalue weighted by molar-refractivity contribution is 7.91. The summed E-state index contributed by atoms with van der Waals surface area (Å²) in [5.41, 5.74) is 2.00. The number of hydrogen-bond donors (Lipinski definition) is 0. The second kappa shape index (κ2) is 8.47. The van der Waals surface area contributed by atoms with Gasteiger partial charge in [0.15, 0.2) is 16.4 Å². The van der Waals surface area contributed by atoms with Crippen molar-refractivity contribution in [3.63, 3.8) is 0 Å². The fourth-order valence-corrected chi connectivity index (χ4v) is 4.60. The van der Waals surface area contributed by atoms with Crippen molar-refractivity contribution in [3.8, 4) is 0 Å². The third-order valence-electron chi connectivity index (χ3n) is 4.17. The molecule has 1 aromatic rings. The summed E-state index contributed by atoms with van der Waals surface area (Å²) in [6.07, 6.45) is 2.07. The predicted octanol–water partition coefficient (Wildman–Crippen LogP) is 2.02. The van der Waals surface area contributed by atoms with Crippen LogP contribution in [0.25, 0.3) is 0 Å². The summed E-state index contributed by atoms with van der Waals surface area (Å²) >= 11 is 0. The smallest absolute Gasteiger partial charge is 0.263 e. The van der Waals surface area contributed by atoms with Crippen LogP contribution in [0, 0.1) is 12.8 Å². The molecule has 0 aromatic heterocycles. The van der Waals surface area contributed by atoms with Crippen LogP contribution in [0.2, 0.25) is 0 Å². The van der Waals surface area contributed by atoms with Gasteiger partial charge in [0.2, 0.25) is 0 Å². The topological polar surface area (TPSA) is 76.0 Å². The quantitative estimate of drug-likeness (QED) is 0.546. The van der Waals surface area contributed by atoms with Crippen LogP contribution in [-0.4, -0.2) is 56.1 Å². The first-order valence-corrected chi connectivity index (χ1v) is 10.3. The first kappa shape index (κ1) is 19.4. The zero-order valence-electron chi connectivity index (χ0n) is 15.0. The van der Waals surface area contributed by atoms with E-state index in [1.165, 1.54) is 0 Å². The van der Waals surface area contributed by atoms with E-state index in [-0.39, 0.29) is 36.0 Å². The fourth-order valence-electron chi connectivity index (χ4n) is 2.87. The molecule has 7 heteroatoms. The monoisotopic (exact) mass is 366 g/mol. The minimum absolute atomic E-state index is 0.0396. The Labute approximate surface area is 149 Å². The van der Waals surface area contributed by atoms with Crippen molar-refractivity contribution in [1.29, 1.82) is 0 Å². The molecule has 0 N–H and O–H groups in total. The van der Waals surface area contributed by atoms with Gasteiger partial charge >= 0.3 is 0 Å². The third kappa shape index (κ3) is 5.85. The number of oxime groups is 1. The summed E-state index contributed by atoms with van der Waals surface area (Å²) in [5, 5.41) is 3.87. The van der Waals surface area contributed by atoms with Crippen LogP contribution in [0.1, 0.15) is 31.4 Å². The Kier molecular flexibility index (Phi) is 6.58. The lowest BCUT2D eigenvalue weighted by Gasteiger charge is -2.29. The van der Waals surface area contributed by atoms with E-state index in [9.17, 15) is 13.2 Å². The Morgan fingerprint density at radius 1 is 1.40 bits per heavy atom. The molecule has 0 radical (unpaired) electrons. The zero-order chi connectivity index (χ0) is 18.4. The molecule has 0 spiro atoms. The molecule has 1 fully saturated rings. The van der Waals surface area contributed by atoms with Crippen molar-refractivity contribution in [2.45, 2.75) is 33.2 Å². The standard InChI is InChI=1S/C18H26N2O4S/c1-14(2)11-20(17-8-9-25(22,23)13-17)18(21)12-24-19-10-16-7-5-4-6-15(16)3/h4-7,10,14,17H,8-9,11-13H2,1-3H3/b19-10-/t17-/m0/s1. The molecule has 1 aliphatic heterocycles. The molecule has 1 amide bonds. The summed E-state index contributed by atoms with van der Waals surface area (Å²) in [6, 6.07) is 7.47. The summed E-state index contributed by atoms with van der Waals surface area (Å²) in [6.45, 7) is 6.30. The Hall–Kier alpha value is -1.89. The van der Waals surface area contributed by atoms with Crippen LogP contribution >= 0.6 is 0 Å². The van der Waals surface area contributed by atoms with Crippen LogP contribution in [0.5, 0.6) is 0 Å². The molecule has 2 rings (SSSR count). The molecular formula is C18H26N2O4S. The number of rotatable bonds is 7. The molecule has 1 aliphatic rings. The Balaban J connectivity index is 1.94. The SMILES string of the molecule is Cc1ccccc1/C=N\OCC(=O)N(CC(C)C)[C@H]1CCS(=O)(=O)C1. The third-order valence-corrected chi connectivity index (χ3v) is 5.92. The number of benzene rings is 1. The minimum Gasteiger partial charge on any atom is -0.386 e. The van der Waals surface area contributed by atoms with Gasteiger partial charge in [-0.3, -0.25) is 4.79 Å². The normalized spacial score (nSPS) is 19.4. The number of carbonyl (C=O) groups is 1. The molecule has 1 saturated heterocycles. The van der Waals surface area contributed by atoms with Gasteiger partial charge in [-0.15, -0.1) is 0 Å². The van der Waals surface area contributed by atoms with Crippen LogP contribution < -0.4 is 0 Å². The molecule has 25 heavy (non-hydrogen) atoms. The molecule has 1 heterocycles. The van der Waals surface area contributed by atoms with Crippen molar-refractivity contribution >= 4 is 22.0 Å². The van der Waals surface area contributed by atoms with E-state index < -0.39 is 9.84 Å². The molecular weight excluding hydrogens is 340 g/mol. The molecule has 0 aliphatic carbocycles. The maximum atomic E-state index is 12.5. The average molecular weight is 366 g/mol. The summed E-state index contributed by atoms with van der Waals surface area (Å²) in [5.74, 6) is 0.213. The molecule has 6 nitrogen and oxygen atoms in total. The number of sulfone groups is 1. The second-order valence-corrected chi connectivity index (χ2v) is 9.09. The van der Waals surface area contributed by atoms with E-state index in [1.807, 2.05) is 45.0 Å². The molecule has 0 unspecified atom stereocenters. The van der Waals surface area contributed by atoms with Gasteiger partial charge in [-0.05, 0) is 30.4 Å². The molecule has 0 bridgehead atoms. The first-order valence-electron chi connectivity index (χ1n) is 8.49. The number of nitrogens with zero attached hydrogens (tertiary/aromatic N) is 2. The lowest BCUT2D eigenvalue weighted by atomic mass is 10.1. The van der Waals surface area contributed by atoms with Crippen LogP contribution in [0.3, 0.4) is 0 Å². The van der Waals surface area contributed by atoms with E-state index >= 15 is 0 Å². The van der Waals surface area contributed by atoms with Crippen molar-refractivity contribution in [3.05, 3.63) is 35.4 Å². The average Bonchev–Trinajstić information content (AvgIpc) is 2.90. The lowest BCUT2D eigenvalue weighted by molar-refractivity contribution is -0.138. The molecule has 138 valence electrons. The highest BCUT2D eigenvalue weighted by atomic mass is 32.2. The van der Waals surface area contributed by atoms with Crippen LogP contribution in [0.4, 0.5) is 0 Å². The van der Waals surface area contributed by atoms with E-state index in [0.29, 0.717) is 13.0 Å².